The molecule has 0 aromatic rings. The second-order valence-corrected chi connectivity index (χ2v) is 17.4. The molecule has 0 saturated carbocycles. The van der Waals surface area contributed by atoms with Crippen LogP contribution in [-0.2, 0) is 42.9 Å². The zero-order chi connectivity index (χ0) is 53.3. The highest BCUT2D eigenvalue weighted by atomic mass is 16.7. The van der Waals surface area contributed by atoms with Gasteiger partial charge in [-0.3, -0.25) is 14.4 Å². The number of aliphatic carboxylic acids is 1. The molecule has 0 radical (unpaired) electrons. The molecule has 1 aliphatic heterocycles. The van der Waals surface area contributed by atoms with Crippen molar-refractivity contribution in [2.45, 2.75) is 199 Å². The Morgan fingerprint density at radius 3 is 1.32 bits per heavy atom. The van der Waals surface area contributed by atoms with Gasteiger partial charge in [0.25, 0.3) is 0 Å². The van der Waals surface area contributed by atoms with Crippen LogP contribution in [0.5, 0.6) is 0 Å². The third-order valence-corrected chi connectivity index (χ3v) is 10.9. The molecule has 1 fully saturated rings. The van der Waals surface area contributed by atoms with E-state index >= 15 is 0 Å². The van der Waals surface area contributed by atoms with Crippen LogP contribution < -0.4 is 0 Å². The SMILES string of the molecule is CC/C=C\C/C=C\C/C=C\C/C=C\C/C=C\CCCC(=O)OC1C(OCC(COC(=O)CC/C=C\C/C=C\C/C=C\C/C=C\CC)OC(=O)CCCCC/C=C\C/C=C\C/C=C\CC)OC(C(=O)O)C(O)C1O. The first kappa shape index (κ1) is 65.6. The van der Waals surface area contributed by atoms with Gasteiger partial charge in [-0.15, -0.1) is 0 Å². The molecule has 6 unspecified atom stereocenters. The minimum atomic E-state index is -1.94. The van der Waals surface area contributed by atoms with E-state index in [1.807, 2.05) is 24.3 Å². The summed E-state index contributed by atoms with van der Waals surface area (Å²) in [6.45, 7) is 5.48. The minimum absolute atomic E-state index is 0.0371. The van der Waals surface area contributed by atoms with Gasteiger partial charge in [-0.25, -0.2) is 4.79 Å². The third kappa shape index (κ3) is 37.9. The van der Waals surface area contributed by atoms with Gasteiger partial charge in [0.05, 0.1) is 6.61 Å². The zero-order valence-corrected chi connectivity index (χ0v) is 44.3. The highest BCUT2D eigenvalue weighted by Crippen LogP contribution is 2.26. The Labute approximate surface area is 438 Å². The first-order chi connectivity index (χ1) is 35.6. The molecule has 1 aliphatic rings. The van der Waals surface area contributed by atoms with Crippen molar-refractivity contribution >= 4 is 23.9 Å². The topological polar surface area (TPSA) is 175 Å². The van der Waals surface area contributed by atoms with Crippen LogP contribution in [0.4, 0.5) is 0 Å². The lowest BCUT2D eigenvalue weighted by molar-refractivity contribution is -0.301. The standard InChI is InChI=1S/C61H90O12/c1-4-7-10-13-16-19-22-25-26-27-28-31-34-37-40-43-46-49-55(64)72-59-57(66)56(65)58(60(67)68)73-61(59)70-51-52(71-54(63)48-45-42-39-36-33-30-24-21-18-15-12-9-6-3)50-69-53(62)47-44-41-38-35-32-29-23-20-17-14-11-8-5-2/h7-12,16-21,25-26,28-33,37-38,40-41,52,56-59,61,65-66H,4-6,13-15,22-24,27,34-36,39,42-51H2,1-3H3,(H,67,68)/b10-7-,11-8-,12-9-,19-16-,20-17-,21-18-,26-25-,31-28-,32-29-,33-30-,40-37-,41-38-. The van der Waals surface area contributed by atoms with Crippen molar-refractivity contribution < 1.29 is 58.2 Å². The molecule has 1 saturated heterocycles. The quantitative estimate of drug-likeness (QED) is 0.0229. The number of allylic oxidation sites excluding steroid dienone is 24. The number of carboxylic acids is 1. The lowest BCUT2D eigenvalue weighted by Crippen LogP contribution is -2.61. The first-order valence-corrected chi connectivity index (χ1v) is 26.8. The summed E-state index contributed by atoms with van der Waals surface area (Å²) in [5.74, 6) is -3.38. The Hall–Kier alpha value is -5.40. The van der Waals surface area contributed by atoms with E-state index in [2.05, 4.69) is 142 Å². The van der Waals surface area contributed by atoms with Gasteiger partial charge in [-0.1, -0.05) is 173 Å². The molecule has 73 heavy (non-hydrogen) atoms. The fourth-order valence-electron chi connectivity index (χ4n) is 6.90. The van der Waals surface area contributed by atoms with Crippen molar-refractivity contribution in [3.63, 3.8) is 0 Å². The van der Waals surface area contributed by atoms with E-state index in [4.69, 9.17) is 23.7 Å². The molecule has 0 aromatic carbocycles. The van der Waals surface area contributed by atoms with Gasteiger partial charge in [-0.2, -0.15) is 0 Å². The molecule has 12 nitrogen and oxygen atoms in total. The maximum atomic E-state index is 13.1. The van der Waals surface area contributed by atoms with Crippen molar-refractivity contribution in [3.05, 3.63) is 146 Å². The molecule has 0 aliphatic carbocycles. The van der Waals surface area contributed by atoms with E-state index in [9.17, 15) is 34.5 Å². The van der Waals surface area contributed by atoms with Gasteiger partial charge in [-0.05, 0) is 116 Å². The zero-order valence-electron chi connectivity index (χ0n) is 44.3. The van der Waals surface area contributed by atoms with Crippen LogP contribution in [0, 0.1) is 0 Å². The normalized spacial score (nSPS) is 19.5. The van der Waals surface area contributed by atoms with Crippen LogP contribution >= 0.6 is 0 Å². The van der Waals surface area contributed by atoms with E-state index in [1.54, 1.807) is 0 Å². The number of ether oxygens (including phenoxy) is 5. The maximum Gasteiger partial charge on any atom is 0.335 e. The molecule has 12 heteroatoms. The molecule has 6 atom stereocenters. The largest absolute Gasteiger partial charge is 0.479 e. The van der Waals surface area contributed by atoms with E-state index in [0.717, 1.165) is 96.3 Å². The number of hydrogen-bond acceptors (Lipinski definition) is 11. The summed E-state index contributed by atoms with van der Waals surface area (Å²) in [6, 6.07) is 0. The summed E-state index contributed by atoms with van der Waals surface area (Å²) in [6.07, 6.45) is 55.7. The molecule has 0 aromatic heterocycles. The number of carbonyl (C=O) groups is 4. The summed E-state index contributed by atoms with van der Waals surface area (Å²) in [5.41, 5.74) is 0. The van der Waals surface area contributed by atoms with Gasteiger partial charge < -0.3 is 39.0 Å². The summed E-state index contributed by atoms with van der Waals surface area (Å²) < 4.78 is 28.1. The van der Waals surface area contributed by atoms with Gasteiger partial charge in [0, 0.05) is 19.3 Å². The minimum Gasteiger partial charge on any atom is -0.479 e. The van der Waals surface area contributed by atoms with Crippen LogP contribution in [0.2, 0.25) is 0 Å². The Kier molecular flexibility index (Phi) is 42.8. The number of unbranched alkanes of at least 4 members (excludes halogenated alkanes) is 4. The van der Waals surface area contributed by atoms with Crippen molar-refractivity contribution in [2.24, 2.45) is 0 Å². The average Bonchev–Trinajstić information content (AvgIpc) is 3.37. The Balaban J connectivity index is 2.82. The van der Waals surface area contributed by atoms with E-state index in [-0.39, 0.29) is 25.9 Å². The Morgan fingerprint density at radius 2 is 0.863 bits per heavy atom. The smallest absolute Gasteiger partial charge is 0.335 e. The third-order valence-electron chi connectivity index (χ3n) is 10.9. The van der Waals surface area contributed by atoms with Gasteiger partial charge in [0.15, 0.2) is 24.6 Å². The maximum absolute atomic E-state index is 13.1. The second kappa shape index (κ2) is 47.6. The molecular formula is C61H90O12. The van der Waals surface area contributed by atoms with Crippen molar-refractivity contribution in [2.75, 3.05) is 13.2 Å². The van der Waals surface area contributed by atoms with Crippen LogP contribution in [0.15, 0.2) is 146 Å². The molecular weight excluding hydrogens is 925 g/mol. The number of aliphatic hydroxyl groups excluding tert-OH is 2. The molecule has 0 amide bonds. The summed E-state index contributed by atoms with van der Waals surface area (Å²) in [7, 11) is 0. The monoisotopic (exact) mass is 1010 g/mol. The Morgan fingerprint density at radius 1 is 0.452 bits per heavy atom. The lowest BCUT2D eigenvalue weighted by atomic mass is 9.98. The van der Waals surface area contributed by atoms with E-state index in [1.165, 1.54) is 0 Å². The number of esters is 3. The van der Waals surface area contributed by atoms with Crippen molar-refractivity contribution in [1.29, 1.82) is 0 Å². The van der Waals surface area contributed by atoms with Crippen LogP contribution in [0.25, 0.3) is 0 Å². The number of carbonyl (C=O) groups excluding carboxylic acids is 3. The highest BCUT2D eigenvalue weighted by molar-refractivity contribution is 5.74. The van der Waals surface area contributed by atoms with E-state index < -0.39 is 67.3 Å². The molecule has 1 rings (SSSR count). The Bertz CT molecular complexity index is 1830. The van der Waals surface area contributed by atoms with Gasteiger partial charge in [0.2, 0.25) is 0 Å². The summed E-state index contributed by atoms with van der Waals surface area (Å²) in [5, 5.41) is 31.4. The molecule has 0 bridgehead atoms. The predicted octanol–water partition coefficient (Wildman–Crippen LogP) is 13.2. The van der Waals surface area contributed by atoms with Crippen molar-refractivity contribution in [1.82, 2.24) is 0 Å². The van der Waals surface area contributed by atoms with Crippen LogP contribution in [0.3, 0.4) is 0 Å². The summed E-state index contributed by atoms with van der Waals surface area (Å²) in [4.78, 5) is 50.9. The second-order valence-electron chi connectivity index (χ2n) is 17.4. The fraction of sp³-hybridized carbons (Fsp3) is 0.541. The lowest BCUT2D eigenvalue weighted by Gasteiger charge is -2.40. The number of carboxylic acid groups (broad SMARTS) is 1. The molecule has 0 spiro atoms. The predicted molar refractivity (Wildman–Crippen MR) is 293 cm³/mol. The number of hydrogen-bond donors (Lipinski definition) is 3. The number of aliphatic hydroxyl groups is 2. The van der Waals surface area contributed by atoms with Crippen LogP contribution in [0.1, 0.15) is 162 Å². The average molecular weight is 1020 g/mol. The fourth-order valence-corrected chi connectivity index (χ4v) is 6.90. The highest BCUT2D eigenvalue weighted by Gasteiger charge is 2.50. The summed E-state index contributed by atoms with van der Waals surface area (Å²) >= 11 is 0. The number of rotatable bonds is 42. The molecule has 1 heterocycles. The van der Waals surface area contributed by atoms with Crippen LogP contribution in [-0.4, -0.2) is 89.2 Å². The molecule has 3 N–H and O–H groups in total. The van der Waals surface area contributed by atoms with Crippen molar-refractivity contribution in [3.8, 4) is 0 Å². The van der Waals surface area contributed by atoms with E-state index in [0.29, 0.717) is 25.7 Å². The molecule has 406 valence electrons. The van der Waals surface area contributed by atoms with Gasteiger partial charge in [0.1, 0.15) is 18.8 Å². The van der Waals surface area contributed by atoms with Gasteiger partial charge >= 0.3 is 23.9 Å². The first-order valence-electron chi connectivity index (χ1n) is 26.8.